The molecular formula is C9H6F13N. The maximum atomic E-state index is 13.4. The quantitative estimate of drug-likeness (QED) is 0.508. The summed E-state index contributed by atoms with van der Waals surface area (Å²) in [6.45, 7) is 0. The lowest BCUT2D eigenvalue weighted by molar-refractivity contribution is -0.393. The van der Waals surface area contributed by atoms with Gasteiger partial charge >= 0.3 is 30.1 Å². The second-order valence-electron chi connectivity index (χ2n) is 4.29. The highest BCUT2D eigenvalue weighted by molar-refractivity contribution is 5.29. The summed E-state index contributed by atoms with van der Waals surface area (Å²) in [7, 11) is 0.552. The van der Waals surface area contributed by atoms with E-state index in [1.165, 1.54) is 0 Å². The fraction of sp³-hybridized carbons (Fsp3) is 0.778. The van der Waals surface area contributed by atoms with Gasteiger partial charge in [0.2, 0.25) is 5.95 Å². The molecule has 0 aromatic carbocycles. The van der Waals surface area contributed by atoms with Gasteiger partial charge < -0.3 is 4.90 Å². The maximum Gasteiger partial charge on any atom is 0.438 e. The molecule has 0 radical (unpaired) electrons. The van der Waals surface area contributed by atoms with E-state index in [-0.39, 0.29) is 14.1 Å². The number of hydrogen-bond donors (Lipinski definition) is 0. The lowest BCUT2D eigenvalue weighted by Gasteiger charge is -2.37. The van der Waals surface area contributed by atoms with E-state index in [0.29, 0.717) is 0 Å². The molecule has 0 aliphatic rings. The third kappa shape index (κ3) is 3.44. The second kappa shape index (κ2) is 5.61. The van der Waals surface area contributed by atoms with Gasteiger partial charge in [0.15, 0.2) is 5.57 Å². The molecule has 0 N–H and O–H groups in total. The summed E-state index contributed by atoms with van der Waals surface area (Å²) >= 11 is 0. The van der Waals surface area contributed by atoms with Crippen LogP contribution in [0.3, 0.4) is 0 Å². The van der Waals surface area contributed by atoms with Gasteiger partial charge in [-0.3, -0.25) is 0 Å². The van der Waals surface area contributed by atoms with E-state index in [1.54, 1.807) is 0 Å². The number of halogens is 13. The number of alkyl halides is 12. The fourth-order valence-electron chi connectivity index (χ4n) is 1.34. The Balaban J connectivity index is 6.87. The molecule has 0 bridgehead atoms. The van der Waals surface area contributed by atoms with Crippen LogP contribution in [0.1, 0.15) is 0 Å². The van der Waals surface area contributed by atoms with Gasteiger partial charge in [-0.1, -0.05) is 0 Å². The molecule has 14 heteroatoms. The molecule has 1 nitrogen and oxygen atoms in total. The van der Waals surface area contributed by atoms with Gasteiger partial charge in [0.25, 0.3) is 0 Å². The molecule has 0 spiro atoms. The van der Waals surface area contributed by atoms with E-state index in [2.05, 4.69) is 0 Å². The molecule has 0 rings (SSSR count). The third-order valence-electron chi connectivity index (χ3n) is 2.41. The lowest BCUT2D eigenvalue weighted by atomic mass is 9.89. The van der Waals surface area contributed by atoms with E-state index < -0.39 is 46.5 Å². The summed E-state index contributed by atoms with van der Waals surface area (Å²) in [6.07, 6.45) is -21.8. The van der Waals surface area contributed by atoms with Crippen LogP contribution >= 0.6 is 0 Å². The third-order valence-corrected chi connectivity index (χ3v) is 2.41. The Morgan fingerprint density at radius 3 is 1.13 bits per heavy atom. The van der Waals surface area contributed by atoms with Crippen molar-refractivity contribution >= 4 is 0 Å². The largest absolute Gasteiger partial charge is 0.438 e. The van der Waals surface area contributed by atoms with Crippen molar-refractivity contribution in [3.63, 3.8) is 0 Å². The molecule has 0 atom stereocenters. The van der Waals surface area contributed by atoms with Crippen molar-refractivity contribution in [1.29, 1.82) is 0 Å². The summed E-state index contributed by atoms with van der Waals surface area (Å²) in [5.41, 5.74) is -11.9. The van der Waals surface area contributed by atoms with Crippen LogP contribution in [0.25, 0.3) is 0 Å². The maximum absolute atomic E-state index is 13.4. The zero-order chi connectivity index (χ0) is 19.2. The summed E-state index contributed by atoms with van der Waals surface area (Å²) in [4.78, 5) is -0.482. The lowest BCUT2D eigenvalue weighted by Crippen LogP contribution is -2.66. The zero-order valence-corrected chi connectivity index (χ0v) is 10.9. The van der Waals surface area contributed by atoms with Gasteiger partial charge in [-0.15, -0.1) is 0 Å². The van der Waals surface area contributed by atoms with Crippen molar-refractivity contribution in [2.24, 2.45) is 0 Å². The van der Waals surface area contributed by atoms with Crippen molar-refractivity contribution in [2.45, 2.75) is 30.1 Å². The molecule has 0 saturated carbocycles. The molecular weight excluding hydrogens is 369 g/mol. The number of rotatable bonds is 3. The van der Waals surface area contributed by atoms with Crippen LogP contribution in [0.2, 0.25) is 0 Å². The Bertz CT molecular complexity index is 449. The van der Waals surface area contributed by atoms with E-state index in [4.69, 9.17) is 0 Å². The summed E-state index contributed by atoms with van der Waals surface area (Å²) in [6, 6.07) is 0. The average Bonchev–Trinajstić information content (AvgIpc) is 2.21. The molecule has 0 fully saturated rings. The van der Waals surface area contributed by atoms with Crippen molar-refractivity contribution < 1.29 is 57.1 Å². The Hall–Kier alpha value is -1.37. The summed E-state index contributed by atoms with van der Waals surface area (Å²) < 4.78 is 164. The molecule has 0 aromatic rings. The normalized spacial score (nSPS) is 16.3. The van der Waals surface area contributed by atoms with Crippen LogP contribution in [0.5, 0.6) is 0 Å². The van der Waals surface area contributed by atoms with Gasteiger partial charge in [-0.2, -0.15) is 52.7 Å². The number of nitrogens with zero attached hydrogens (tertiary/aromatic N) is 1. The smallest absolute Gasteiger partial charge is 0.354 e. The van der Waals surface area contributed by atoms with E-state index >= 15 is 0 Å². The Kier molecular flexibility index (Phi) is 5.28. The van der Waals surface area contributed by atoms with Gasteiger partial charge in [0.1, 0.15) is 0 Å². The summed E-state index contributed by atoms with van der Waals surface area (Å²) in [5, 5.41) is 0. The highest BCUT2D eigenvalue weighted by Gasteiger charge is 2.87. The topological polar surface area (TPSA) is 3.24 Å². The predicted octanol–water partition coefficient (Wildman–Crippen LogP) is 4.76. The van der Waals surface area contributed by atoms with Crippen LogP contribution in [0, 0.1) is 0 Å². The molecule has 0 aromatic heterocycles. The number of allylic oxidation sites excluding steroid dienone is 1. The molecule has 0 heterocycles. The van der Waals surface area contributed by atoms with Crippen molar-refractivity contribution in [2.75, 3.05) is 14.1 Å². The second-order valence-corrected chi connectivity index (χ2v) is 4.29. The Labute approximate surface area is 119 Å². The first-order chi connectivity index (χ1) is 9.73. The van der Waals surface area contributed by atoms with Crippen LogP contribution < -0.4 is 0 Å². The first-order valence-corrected chi connectivity index (χ1v) is 5.07. The minimum atomic E-state index is -7.66. The van der Waals surface area contributed by atoms with Crippen LogP contribution in [-0.2, 0) is 0 Å². The Morgan fingerprint density at radius 2 is 0.957 bits per heavy atom. The van der Waals surface area contributed by atoms with Crippen LogP contribution in [-0.4, -0.2) is 49.1 Å². The number of hydrogen-bond acceptors (Lipinski definition) is 1. The van der Waals surface area contributed by atoms with Crippen molar-refractivity contribution in [1.82, 2.24) is 4.90 Å². The fourth-order valence-corrected chi connectivity index (χ4v) is 1.34. The van der Waals surface area contributed by atoms with E-state index in [0.717, 1.165) is 0 Å². The molecule has 0 saturated heterocycles. The summed E-state index contributed by atoms with van der Waals surface area (Å²) in [5.74, 6) is -10.6. The molecule has 0 aliphatic carbocycles. The predicted molar refractivity (Wildman–Crippen MR) is 48.8 cm³/mol. The van der Waals surface area contributed by atoms with Crippen LogP contribution in [0.15, 0.2) is 11.5 Å². The van der Waals surface area contributed by atoms with E-state index in [9.17, 15) is 57.1 Å². The SMILES string of the molecule is CN(C)C(F)=C(C(F)(F)F)C(F)(F)C(F)(C(F)(F)F)C(F)(F)F. The zero-order valence-electron chi connectivity index (χ0n) is 10.9. The molecule has 138 valence electrons. The molecule has 0 amide bonds. The highest BCUT2D eigenvalue weighted by Crippen LogP contribution is 2.59. The monoisotopic (exact) mass is 375 g/mol. The van der Waals surface area contributed by atoms with Crippen molar-refractivity contribution in [3.8, 4) is 0 Å². The minimum Gasteiger partial charge on any atom is -0.354 e. The van der Waals surface area contributed by atoms with Crippen LogP contribution in [0.4, 0.5) is 57.1 Å². The van der Waals surface area contributed by atoms with Gasteiger partial charge in [-0.25, -0.2) is 4.39 Å². The first kappa shape index (κ1) is 21.6. The Morgan fingerprint density at radius 1 is 0.652 bits per heavy atom. The average molecular weight is 375 g/mol. The standard InChI is InChI=1S/C9H6F13N/c1-23(2)4(10)3(6(13,14)15)5(11,12)7(16,8(17,18)19)9(20,21)22/h1-2H3. The molecule has 0 aliphatic heterocycles. The van der Waals surface area contributed by atoms with Crippen molar-refractivity contribution in [3.05, 3.63) is 11.5 Å². The highest BCUT2D eigenvalue weighted by atomic mass is 19.4. The van der Waals surface area contributed by atoms with Gasteiger partial charge in [-0.05, 0) is 0 Å². The minimum absolute atomic E-state index is 0.276. The first-order valence-electron chi connectivity index (χ1n) is 5.07. The van der Waals surface area contributed by atoms with Gasteiger partial charge in [0.05, 0.1) is 0 Å². The van der Waals surface area contributed by atoms with Gasteiger partial charge in [0, 0.05) is 14.1 Å². The van der Waals surface area contributed by atoms with E-state index in [1.807, 2.05) is 0 Å². The molecule has 0 unspecified atom stereocenters. The molecule has 23 heavy (non-hydrogen) atoms.